The number of piperidine rings is 1. The number of benzene rings is 2. The fraction of sp³-hybridized carbons (Fsp3) is 0.559. The maximum atomic E-state index is 13.5. The van der Waals surface area contributed by atoms with Gasteiger partial charge in [0.1, 0.15) is 11.4 Å². The second kappa shape index (κ2) is 11.6. The summed E-state index contributed by atoms with van der Waals surface area (Å²) >= 11 is 0. The summed E-state index contributed by atoms with van der Waals surface area (Å²) in [5.74, 6) is 0.589. The highest BCUT2D eigenvalue weighted by Gasteiger charge is 2.50. The van der Waals surface area contributed by atoms with Gasteiger partial charge in [0.15, 0.2) is 0 Å². The van der Waals surface area contributed by atoms with Crippen LogP contribution in [0.4, 0.5) is 21.0 Å². The zero-order chi connectivity index (χ0) is 31.2. The van der Waals surface area contributed by atoms with Crippen molar-refractivity contribution < 1.29 is 23.9 Å². The van der Waals surface area contributed by atoms with E-state index >= 15 is 0 Å². The highest BCUT2D eigenvalue weighted by Crippen LogP contribution is 2.43. The van der Waals surface area contributed by atoms with Gasteiger partial charge in [0.2, 0.25) is 5.91 Å². The van der Waals surface area contributed by atoms with Gasteiger partial charge in [-0.05, 0) is 87.4 Å². The first-order valence-electron chi connectivity index (χ1n) is 15.8. The Kier molecular flexibility index (Phi) is 7.98. The average Bonchev–Trinajstić information content (AvgIpc) is 2.94. The lowest BCUT2D eigenvalue weighted by molar-refractivity contribution is -0.129. The number of methoxy groups -OCH3 is 1. The second-order valence-electron chi connectivity index (χ2n) is 13.9. The van der Waals surface area contributed by atoms with E-state index in [9.17, 15) is 14.4 Å². The van der Waals surface area contributed by atoms with Crippen molar-refractivity contribution in [3.8, 4) is 5.75 Å². The van der Waals surface area contributed by atoms with Gasteiger partial charge in [0.25, 0.3) is 0 Å². The lowest BCUT2D eigenvalue weighted by Gasteiger charge is -2.60. The van der Waals surface area contributed by atoms with Gasteiger partial charge >= 0.3 is 12.1 Å². The first kappa shape index (κ1) is 30.2. The molecule has 2 aromatic carbocycles. The molecule has 1 spiro atoms. The first-order valence-corrected chi connectivity index (χ1v) is 15.8. The number of carbonyl (C=O) groups is 3. The minimum Gasteiger partial charge on any atom is -0.497 e. The van der Waals surface area contributed by atoms with Crippen molar-refractivity contribution in [1.29, 1.82) is 0 Å². The lowest BCUT2D eigenvalue weighted by atomic mass is 9.71. The zero-order valence-electron chi connectivity index (χ0n) is 26.7. The van der Waals surface area contributed by atoms with Crippen LogP contribution in [0.5, 0.6) is 5.75 Å². The van der Waals surface area contributed by atoms with E-state index < -0.39 is 5.60 Å². The van der Waals surface area contributed by atoms with Gasteiger partial charge in [-0.3, -0.25) is 19.5 Å². The lowest BCUT2D eigenvalue weighted by Crippen LogP contribution is -2.70. The number of anilines is 2. The third kappa shape index (κ3) is 6.09. The van der Waals surface area contributed by atoms with Crippen molar-refractivity contribution >= 4 is 29.4 Å². The van der Waals surface area contributed by atoms with Crippen LogP contribution in [0.15, 0.2) is 42.5 Å². The van der Waals surface area contributed by atoms with Gasteiger partial charge in [0, 0.05) is 69.7 Å². The molecular formula is C34H45N5O5. The number of amides is 4. The molecule has 0 bridgehead atoms. The van der Waals surface area contributed by atoms with E-state index in [0.29, 0.717) is 24.4 Å². The summed E-state index contributed by atoms with van der Waals surface area (Å²) in [5.41, 5.74) is 3.80. The Morgan fingerprint density at radius 1 is 0.977 bits per heavy atom. The maximum Gasteiger partial charge on any atom is 0.410 e. The van der Waals surface area contributed by atoms with Crippen molar-refractivity contribution in [3.05, 3.63) is 53.6 Å². The summed E-state index contributed by atoms with van der Waals surface area (Å²) in [4.78, 5) is 48.6. The van der Waals surface area contributed by atoms with Crippen LogP contribution in [0.1, 0.15) is 51.2 Å². The predicted octanol–water partition coefficient (Wildman–Crippen LogP) is 4.88. The maximum absolute atomic E-state index is 13.5. The van der Waals surface area contributed by atoms with E-state index in [4.69, 9.17) is 9.47 Å². The topological polar surface area (TPSA) is 85.9 Å². The Hall–Kier alpha value is -3.79. The van der Waals surface area contributed by atoms with Gasteiger partial charge in [-0.1, -0.05) is 12.1 Å². The van der Waals surface area contributed by atoms with Crippen LogP contribution in [0.3, 0.4) is 0 Å². The molecule has 2 aromatic rings. The largest absolute Gasteiger partial charge is 0.497 e. The molecule has 0 saturated carbocycles. The van der Waals surface area contributed by atoms with Crippen LogP contribution in [0, 0.1) is 12.3 Å². The Bertz CT molecular complexity index is 1400. The summed E-state index contributed by atoms with van der Waals surface area (Å²) in [6.45, 7) is 14.1. The van der Waals surface area contributed by atoms with Crippen molar-refractivity contribution in [2.45, 2.75) is 65.1 Å². The number of rotatable bonds is 6. The number of hydrogen-bond donors (Lipinski definition) is 0. The van der Waals surface area contributed by atoms with Crippen LogP contribution in [0.2, 0.25) is 0 Å². The highest BCUT2D eigenvalue weighted by atomic mass is 16.6. The summed E-state index contributed by atoms with van der Waals surface area (Å²) < 4.78 is 10.8. The number of imide groups is 1. The minimum atomic E-state index is -0.459. The zero-order valence-corrected chi connectivity index (χ0v) is 26.7. The Balaban J connectivity index is 1.000. The van der Waals surface area contributed by atoms with E-state index in [1.807, 2.05) is 62.9 Å². The van der Waals surface area contributed by atoms with E-state index in [1.54, 1.807) is 12.0 Å². The number of carbonyl (C=O) groups excluding carboxylic acids is 3. The molecule has 236 valence electrons. The van der Waals surface area contributed by atoms with Crippen molar-refractivity contribution in [1.82, 2.24) is 14.7 Å². The number of aryl methyl sites for hydroxylation is 1. The molecule has 0 aromatic heterocycles. The van der Waals surface area contributed by atoms with Gasteiger partial charge in [0.05, 0.1) is 13.7 Å². The molecule has 0 atom stereocenters. The molecule has 4 aliphatic heterocycles. The molecule has 0 unspecified atom stereocenters. The molecule has 0 aliphatic carbocycles. The fourth-order valence-corrected chi connectivity index (χ4v) is 6.90. The Morgan fingerprint density at radius 3 is 2.27 bits per heavy atom. The molecule has 4 fully saturated rings. The van der Waals surface area contributed by atoms with E-state index in [-0.39, 0.29) is 24.6 Å². The summed E-state index contributed by atoms with van der Waals surface area (Å²) in [5, 5.41) is 0. The van der Waals surface area contributed by atoms with E-state index in [0.717, 1.165) is 74.7 Å². The van der Waals surface area contributed by atoms with Crippen LogP contribution >= 0.6 is 0 Å². The molecular weight excluding hydrogens is 558 g/mol. The molecule has 0 N–H and O–H groups in total. The SMILES string of the molecule is COc1ccc(CN2C(=O)CCN(c3ccc(N4CC(N5CC6(CCN(C(=O)OC(C)(C)C)CC6)C5)C4)cc3C)C2=O)cc1. The molecule has 44 heavy (non-hydrogen) atoms. The number of nitrogens with zero attached hydrogens (tertiary/aromatic N) is 5. The van der Waals surface area contributed by atoms with Gasteiger partial charge in [-0.15, -0.1) is 0 Å². The smallest absolute Gasteiger partial charge is 0.410 e. The summed E-state index contributed by atoms with van der Waals surface area (Å²) in [7, 11) is 1.61. The molecule has 6 rings (SSSR count). The fourth-order valence-electron chi connectivity index (χ4n) is 6.90. The second-order valence-corrected chi connectivity index (χ2v) is 13.9. The minimum absolute atomic E-state index is 0.149. The number of hydrogen-bond acceptors (Lipinski definition) is 7. The normalized spacial score (nSPS) is 20.9. The molecule has 4 aliphatic rings. The van der Waals surface area contributed by atoms with Crippen LogP contribution in [-0.4, -0.2) is 97.3 Å². The summed E-state index contributed by atoms with van der Waals surface area (Å²) in [6.07, 6.45) is 2.19. The Morgan fingerprint density at radius 2 is 1.66 bits per heavy atom. The molecule has 4 saturated heterocycles. The van der Waals surface area contributed by atoms with Crippen LogP contribution in [-0.2, 0) is 16.1 Å². The number of urea groups is 1. The number of likely N-dealkylation sites (tertiary alicyclic amines) is 2. The van der Waals surface area contributed by atoms with Gasteiger partial charge < -0.3 is 19.3 Å². The molecule has 10 heteroatoms. The van der Waals surface area contributed by atoms with Crippen molar-refractivity contribution in [3.63, 3.8) is 0 Å². The average molecular weight is 604 g/mol. The highest BCUT2D eigenvalue weighted by molar-refractivity contribution is 6.06. The molecule has 0 radical (unpaired) electrons. The van der Waals surface area contributed by atoms with E-state index in [2.05, 4.69) is 21.9 Å². The quantitative estimate of drug-likeness (QED) is 0.465. The molecule has 4 heterocycles. The van der Waals surface area contributed by atoms with Crippen LogP contribution < -0.4 is 14.5 Å². The Labute approximate surface area is 260 Å². The molecule has 4 amide bonds. The van der Waals surface area contributed by atoms with E-state index in [1.165, 1.54) is 10.6 Å². The van der Waals surface area contributed by atoms with Gasteiger partial charge in [-0.25, -0.2) is 9.59 Å². The van der Waals surface area contributed by atoms with Gasteiger partial charge in [-0.2, -0.15) is 0 Å². The monoisotopic (exact) mass is 603 g/mol. The predicted molar refractivity (Wildman–Crippen MR) is 169 cm³/mol. The standard InChI is InChI=1S/C34H45N5O5/c1-24-18-26(8-11-29(24)38-15-12-30(40)39(31(38)41)19-25-6-9-28(43-5)10-7-25)36-20-27(21-36)37-22-34(23-37)13-16-35(17-14-34)32(42)44-33(2,3)4/h6-11,18,27H,12-17,19-23H2,1-5H3. The van der Waals surface area contributed by atoms with Crippen molar-refractivity contribution in [2.24, 2.45) is 5.41 Å². The number of ether oxygens (including phenoxy) is 2. The van der Waals surface area contributed by atoms with Crippen molar-refractivity contribution in [2.75, 3.05) is 62.7 Å². The van der Waals surface area contributed by atoms with Crippen LogP contribution in [0.25, 0.3) is 0 Å². The first-order chi connectivity index (χ1) is 20.9. The summed E-state index contributed by atoms with van der Waals surface area (Å²) in [6, 6.07) is 14.0. The third-order valence-corrected chi connectivity index (χ3v) is 9.58. The molecule has 10 nitrogen and oxygen atoms in total. The third-order valence-electron chi connectivity index (χ3n) is 9.58.